The molecule has 3 nitrogen and oxygen atoms in total. The van der Waals surface area contributed by atoms with Gasteiger partial charge in [-0.3, -0.25) is 0 Å². The van der Waals surface area contributed by atoms with Crippen LogP contribution in [0.1, 0.15) is 25.7 Å². The second-order valence-electron chi connectivity index (χ2n) is 3.20. The maximum atomic E-state index is 11.4. The molecule has 1 unspecified atom stereocenters. The summed E-state index contributed by atoms with van der Waals surface area (Å²) in [5, 5.41) is 8.11. The average Bonchev–Trinajstić information content (AvgIpc) is 2.08. The van der Waals surface area contributed by atoms with Crippen LogP contribution in [-0.4, -0.2) is 31.1 Å². The van der Waals surface area contributed by atoms with Crippen LogP contribution < -0.4 is 0 Å². The number of rotatable bonds is 1. The van der Waals surface area contributed by atoms with E-state index in [0.717, 1.165) is 19.3 Å². The van der Waals surface area contributed by atoms with Gasteiger partial charge in [-0.05, 0) is 12.8 Å². The molecule has 0 aromatic carbocycles. The number of hydrogen-bond acceptors (Lipinski definition) is 3. The molecular formula is C9H14O3S. The minimum atomic E-state index is -2.89. The highest BCUT2D eigenvalue weighted by atomic mass is 32.2. The van der Waals surface area contributed by atoms with E-state index in [-0.39, 0.29) is 11.9 Å². The monoisotopic (exact) mass is 202 g/mol. The summed E-state index contributed by atoms with van der Waals surface area (Å²) >= 11 is 0. The normalized spacial score (nSPS) is 26.1. The van der Waals surface area contributed by atoms with E-state index in [1.165, 1.54) is 0 Å². The van der Waals surface area contributed by atoms with Crippen molar-refractivity contribution in [3.05, 3.63) is 0 Å². The van der Waals surface area contributed by atoms with Gasteiger partial charge in [0.05, 0.1) is 11.0 Å². The summed E-state index contributed by atoms with van der Waals surface area (Å²) in [6.45, 7) is -0.188. The van der Waals surface area contributed by atoms with Crippen LogP contribution in [-0.2, 0) is 9.84 Å². The average molecular weight is 202 g/mol. The van der Waals surface area contributed by atoms with Gasteiger partial charge in [0.15, 0.2) is 9.84 Å². The van der Waals surface area contributed by atoms with Gasteiger partial charge in [0, 0.05) is 6.42 Å². The van der Waals surface area contributed by atoms with E-state index >= 15 is 0 Å². The van der Waals surface area contributed by atoms with Crippen LogP contribution in [0.3, 0.4) is 0 Å². The zero-order valence-corrected chi connectivity index (χ0v) is 8.31. The Labute approximate surface area is 79.1 Å². The van der Waals surface area contributed by atoms with E-state index in [4.69, 9.17) is 5.11 Å². The van der Waals surface area contributed by atoms with Gasteiger partial charge in [0.25, 0.3) is 0 Å². The first-order valence-corrected chi connectivity index (χ1v) is 6.16. The van der Waals surface area contributed by atoms with Crippen molar-refractivity contribution in [1.82, 2.24) is 0 Å². The predicted octanol–water partition coefficient (Wildman–Crippen LogP) is 0.340. The molecule has 1 atom stereocenters. The third-order valence-corrected chi connectivity index (χ3v) is 4.52. The summed E-state index contributed by atoms with van der Waals surface area (Å²) in [5.74, 6) is 5.46. The first kappa shape index (κ1) is 10.6. The molecule has 0 amide bonds. The Bertz CT molecular complexity index is 307. The van der Waals surface area contributed by atoms with Gasteiger partial charge in [-0.1, -0.05) is 18.3 Å². The summed E-state index contributed by atoms with van der Waals surface area (Å²) < 4.78 is 22.9. The Morgan fingerprint density at radius 1 is 1.31 bits per heavy atom. The van der Waals surface area contributed by atoms with Crippen molar-refractivity contribution in [2.75, 3.05) is 12.4 Å². The quantitative estimate of drug-likeness (QED) is 0.624. The van der Waals surface area contributed by atoms with Gasteiger partial charge in [0.1, 0.15) is 6.61 Å². The summed E-state index contributed by atoms with van der Waals surface area (Å²) in [4.78, 5) is 0. The molecule has 4 heteroatoms. The number of hydrogen-bond donors (Lipinski definition) is 1. The predicted molar refractivity (Wildman–Crippen MR) is 50.9 cm³/mol. The van der Waals surface area contributed by atoms with Crippen LogP contribution in [0.2, 0.25) is 0 Å². The standard InChI is InChI=1S/C9H14O3S/c10-7-3-1-5-9-6-2-4-8-13(9,11)12/h9-10H,2,4-8H2. The van der Waals surface area contributed by atoms with Crippen LogP contribution in [0.25, 0.3) is 0 Å². The van der Waals surface area contributed by atoms with Crippen molar-refractivity contribution in [2.45, 2.75) is 30.9 Å². The lowest BCUT2D eigenvalue weighted by atomic mass is 10.1. The van der Waals surface area contributed by atoms with E-state index in [0.29, 0.717) is 12.2 Å². The van der Waals surface area contributed by atoms with Crippen molar-refractivity contribution in [1.29, 1.82) is 0 Å². The zero-order valence-electron chi connectivity index (χ0n) is 7.49. The molecule has 1 fully saturated rings. The van der Waals surface area contributed by atoms with Crippen LogP contribution >= 0.6 is 0 Å². The van der Waals surface area contributed by atoms with E-state index < -0.39 is 9.84 Å². The van der Waals surface area contributed by atoms with Crippen LogP contribution in [0.15, 0.2) is 0 Å². The fourth-order valence-corrected chi connectivity index (χ4v) is 3.30. The lowest BCUT2D eigenvalue weighted by Gasteiger charge is -2.19. The third-order valence-electron chi connectivity index (χ3n) is 2.25. The molecule has 1 N–H and O–H groups in total. The second kappa shape index (κ2) is 4.64. The highest BCUT2D eigenvalue weighted by molar-refractivity contribution is 7.92. The summed E-state index contributed by atoms with van der Waals surface area (Å²) in [6.07, 6.45) is 2.86. The molecule has 0 aliphatic carbocycles. The number of aliphatic hydroxyl groups excluding tert-OH is 1. The first-order chi connectivity index (χ1) is 6.17. The van der Waals surface area contributed by atoms with Crippen molar-refractivity contribution in [3.8, 4) is 11.8 Å². The molecule has 0 spiro atoms. The molecule has 1 aliphatic rings. The first-order valence-electron chi connectivity index (χ1n) is 4.45. The molecule has 0 aromatic rings. The smallest absolute Gasteiger partial charge is 0.154 e. The molecule has 1 saturated heterocycles. The molecular weight excluding hydrogens is 188 g/mol. The van der Waals surface area contributed by atoms with Crippen LogP contribution in [0, 0.1) is 11.8 Å². The van der Waals surface area contributed by atoms with Gasteiger partial charge < -0.3 is 5.11 Å². The minimum Gasteiger partial charge on any atom is -0.384 e. The second-order valence-corrected chi connectivity index (χ2v) is 5.60. The number of sulfone groups is 1. The Balaban J connectivity index is 2.57. The summed E-state index contributed by atoms with van der Waals surface area (Å²) in [6, 6.07) is 0. The highest BCUT2D eigenvalue weighted by Crippen LogP contribution is 2.21. The van der Waals surface area contributed by atoms with E-state index in [2.05, 4.69) is 11.8 Å². The molecule has 74 valence electrons. The minimum absolute atomic E-state index is 0.188. The Morgan fingerprint density at radius 3 is 2.69 bits per heavy atom. The fraction of sp³-hybridized carbons (Fsp3) is 0.778. The lowest BCUT2D eigenvalue weighted by molar-refractivity contribution is 0.350. The van der Waals surface area contributed by atoms with Gasteiger partial charge >= 0.3 is 0 Å². The zero-order chi connectivity index (χ0) is 9.73. The maximum absolute atomic E-state index is 11.4. The SMILES string of the molecule is O=S1(=O)CCCCC1CC#CCO. The molecule has 1 heterocycles. The molecule has 1 aliphatic heterocycles. The van der Waals surface area contributed by atoms with Crippen molar-refractivity contribution in [2.24, 2.45) is 0 Å². The molecule has 0 aromatic heterocycles. The van der Waals surface area contributed by atoms with Gasteiger partial charge in [-0.15, -0.1) is 0 Å². The van der Waals surface area contributed by atoms with Crippen LogP contribution in [0.5, 0.6) is 0 Å². The van der Waals surface area contributed by atoms with Crippen molar-refractivity contribution >= 4 is 9.84 Å². The molecule has 13 heavy (non-hydrogen) atoms. The van der Waals surface area contributed by atoms with Crippen molar-refractivity contribution in [3.63, 3.8) is 0 Å². The van der Waals surface area contributed by atoms with E-state index in [9.17, 15) is 8.42 Å². The fourth-order valence-electron chi connectivity index (χ4n) is 1.49. The van der Waals surface area contributed by atoms with Crippen LogP contribution in [0.4, 0.5) is 0 Å². The maximum Gasteiger partial charge on any atom is 0.154 e. The van der Waals surface area contributed by atoms with Crippen molar-refractivity contribution < 1.29 is 13.5 Å². The molecule has 0 radical (unpaired) electrons. The summed E-state index contributed by atoms with van der Waals surface area (Å²) in [7, 11) is -2.89. The number of aliphatic hydroxyl groups is 1. The summed E-state index contributed by atoms with van der Waals surface area (Å²) in [5.41, 5.74) is 0. The van der Waals surface area contributed by atoms with E-state index in [1.807, 2.05) is 0 Å². The van der Waals surface area contributed by atoms with Gasteiger partial charge in [-0.25, -0.2) is 8.42 Å². The lowest BCUT2D eigenvalue weighted by Crippen LogP contribution is -2.27. The molecule has 1 rings (SSSR count). The molecule has 0 saturated carbocycles. The Kier molecular flexibility index (Phi) is 3.76. The van der Waals surface area contributed by atoms with Gasteiger partial charge in [0.2, 0.25) is 0 Å². The Hall–Kier alpha value is -0.530. The highest BCUT2D eigenvalue weighted by Gasteiger charge is 2.27. The van der Waals surface area contributed by atoms with E-state index in [1.54, 1.807) is 0 Å². The molecule has 0 bridgehead atoms. The topological polar surface area (TPSA) is 54.4 Å². The third kappa shape index (κ3) is 3.02. The Morgan fingerprint density at radius 2 is 2.08 bits per heavy atom. The van der Waals surface area contributed by atoms with Gasteiger partial charge in [-0.2, -0.15) is 0 Å². The largest absolute Gasteiger partial charge is 0.384 e.